The third-order valence-corrected chi connectivity index (χ3v) is 1.66. The van der Waals surface area contributed by atoms with Gasteiger partial charge < -0.3 is 9.73 Å². The zero-order valence-electron chi connectivity index (χ0n) is 6.63. The van der Waals surface area contributed by atoms with E-state index in [1.807, 2.05) is 13.2 Å². The minimum atomic E-state index is 0.623. The van der Waals surface area contributed by atoms with Gasteiger partial charge >= 0.3 is 0 Å². The summed E-state index contributed by atoms with van der Waals surface area (Å²) in [5.41, 5.74) is 0. The predicted molar refractivity (Wildman–Crippen MR) is 43.5 cm³/mol. The van der Waals surface area contributed by atoms with Gasteiger partial charge in [-0.1, -0.05) is 18.7 Å². The number of nitrogens with zero attached hydrogens (tertiary/aromatic N) is 2. The lowest BCUT2D eigenvalue weighted by atomic mass is 10.6. The number of hydrogen-bond donors (Lipinski definition) is 1. The Morgan fingerprint density at radius 3 is 2.91 bits per heavy atom. The first-order chi connectivity index (χ1) is 5.36. The van der Waals surface area contributed by atoms with Gasteiger partial charge in [-0.2, -0.15) is 0 Å². The first-order valence-corrected chi connectivity index (χ1v) is 4.66. The van der Waals surface area contributed by atoms with Crippen molar-refractivity contribution in [2.45, 2.75) is 18.7 Å². The van der Waals surface area contributed by atoms with Crippen molar-refractivity contribution in [3.05, 3.63) is 5.89 Å². The summed E-state index contributed by atoms with van der Waals surface area (Å²) in [6, 6.07) is 0. The molecule has 0 saturated heterocycles. The Morgan fingerprint density at radius 2 is 2.36 bits per heavy atom. The van der Waals surface area contributed by atoms with Crippen LogP contribution in [0.15, 0.2) is 9.64 Å². The first kappa shape index (κ1) is 8.55. The maximum Gasteiger partial charge on any atom is 0.276 e. The molecule has 1 aromatic heterocycles. The van der Waals surface area contributed by atoms with Gasteiger partial charge in [-0.25, -0.2) is 0 Å². The van der Waals surface area contributed by atoms with Gasteiger partial charge in [-0.3, -0.25) is 0 Å². The predicted octanol–water partition coefficient (Wildman–Crippen LogP) is 0.901. The van der Waals surface area contributed by atoms with Crippen molar-refractivity contribution < 1.29 is 4.42 Å². The van der Waals surface area contributed by atoms with Crippen molar-refractivity contribution in [2.75, 3.05) is 12.8 Å². The van der Waals surface area contributed by atoms with Crippen LogP contribution in [-0.2, 0) is 6.54 Å². The fourth-order valence-corrected chi connectivity index (χ4v) is 0.926. The van der Waals surface area contributed by atoms with Crippen LogP contribution < -0.4 is 5.32 Å². The number of aromatic nitrogens is 2. The third-order valence-electron chi connectivity index (χ3n) is 1.15. The fourth-order valence-electron chi connectivity index (χ4n) is 0.624. The fraction of sp³-hybridized carbons (Fsp3) is 0.667. The van der Waals surface area contributed by atoms with E-state index in [1.54, 1.807) is 0 Å². The van der Waals surface area contributed by atoms with E-state index in [1.165, 1.54) is 11.8 Å². The average Bonchev–Trinajstić information content (AvgIpc) is 2.48. The summed E-state index contributed by atoms with van der Waals surface area (Å²) in [6.07, 6.45) is 1.91. The molecule has 0 bridgehead atoms. The molecule has 0 aliphatic heterocycles. The molecule has 0 saturated carbocycles. The molecule has 11 heavy (non-hydrogen) atoms. The van der Waals surface area contributed by atoms with Crippen molar-refractivity contribution in [1.29, 1.82) is 0 Å². The van der Waals surface area contributed by atoms with Crippen LogP contribution in [0.1, 0.15) is 12.8 Å². The molecule has 1 rings (SSSR count). The largest absolute Gasteiger partial charge is 0.415 e. The van der Waals surface area contributed by atoms with Crippen LogP contribution in [0.4, 0.5) is 0 Å². The van der Waals surface area contributed by atoms with E-state index >= 15 is 0 Å². The molecule has 0 amide bonds. The van der Waals surface area contributed by atoms with E-state index < -0.39 is 0 Å². The maximum atomic E-state index is 5.21. The summed E-state index contributed by atoms with van der Waals surface area (Å²) in [4.78, 5) is 0. The minimum absolute atomic E-state index is 0.623. The smallest absolute Gasteiger partial charge is 0.276 e. The van der Waals surface area contributed by atoms with Crippen LogP contribution in [-0.4, -0.2) is 23.0 Å². The Labute approximate surface area is 69.8 Å². The Kier molecular flexibility index (Phi) is 3.38. The van der Waals surface area contributed by atoms with E-state index in [2.05, 4.69) is 15.5 Å². The van der Waals surface area contributed by atoms with E-state index in [4.69, 9.17) is 4.42 Å². The zero-order valence-corrected chi connectivity index (χ0v) is 7.44. The average molecular weight is 173 g/mol. The molecule has 0 spiro atoms. The van der Waals surface area contributed by atoms with E-state index in [9.17, 15) is 0 Å². The summed E-state index contributed by atoms with van der Waals surface area (Å²) >= 11 is 1.46. The molecule has 0 aliphatic carbocycles. The van der Waals surface area contributed by atoms with E-state index in [-0.39, 0.29) is 0 Å². The van der Waals surface area contributed by atoms with Gasteiger partial charge in [0.15, 0.2) is 0 Å². The topological polar surface area (TPSA) is 51.0 Å². The molecule has 0 unspecified atom stereocenters. The van der Waals surface area contributed by atoms with Gasteiger partial charge in [0.1, 0.15) is 0 Å². The number of hydrogen-bond acceptors (Lipinski definition) is 5. The van der Waals surface area contributed by atoms with Crippen LogP contribution in [0.3, 0.4) is 0 Å². The van der Waals surface area contributed by atoms with E-state index in [0.29, 0.717) is 17.7 Å². The number of rotatable bonds is 4. The summed E-state index contributed by atoms with van der Waals surface area (Å²) in [5.74, 6) is 0.649. The first-order valence-electron chi connectivity index (χ1n) is 3.44. The second kappa shape index (κ2) is 4.35. The molecular weight excluding hydrogens is 162 g/mol. The lowest BCUT2D eigenvalue weighted by Gasteiger charge is -1.92. The van der Waals surface area contributed by atoms with Crippen molar-refractivity contribution >= 4 is 11.8 Å². The summed E-state index contributed by atoms with van der Waals surface area (Å²) in [5, 5.41) is 11.3. The van der Waals surface area contributed by atoms with Crippen LogP contribution >= 0.6 is 11.8 Å². The second-order valence-corrected chi connectivity index (χ2v) is 2.70. The molecule has 0 radical (unpaired) electrons. The van der Waals surface area contributed by atoms with Crippen LogP contribution in [0.2, 0.25) is 0 Å². The molecule has 62 valence electrons. The van der Waals surface area contributed by atoms with Crippen molar-refractivity contribution in [2.24, 2.45) is 0 Å². The number of thioether (sulfide) groups is 1. The Hall–Kier alpha value is -0.550. The van der Waals surface area contributed by atoms with Crippen molar-refractivity contribution in [3.63, 3.8) is 0 Å². The van der Waals surface area contributed by atoms with E-state index in [0.717, 1.165) is 6.54 Å². The highest BCUT2D eigenvalue weighted by molar-refractivity contribution is 7.98. The Morgan fingerprint density at radius 1 is 1.55 bits per heavy atom. The molecule has 1 N–H and O–H groups in total. The second-order valence-electron chi connectivity index (χ2n) is 1.95. The van der Waals surface area contributed by atoms with Crippen molar-refractivity contribution in [3.8, 4) is 0 Å². The third kappa shape index (κ3) is 2.51. The van der Waals surface area contributed by atoms with Gasteiger partial charge in [-0.15, -0.1) is 10.2 Å². The van der Waals surface area contributed by atoms with Gasteiger partial charge in [-0.05, 0) is 12.8 Å². The quantitative estimate of drug-likeness (QED) is 0.685. The minimum Gasteiger partial charge on any atom is -0.415 e. The van der Waals surface area contributed by atoms with Gasteiger partial charge in [0.2, 0.25) is 5.89 Å². The highest BCUT2D eigenvalue weighted by atomic mass is 32.2. The number of nitrogens with one attached hydrogen (secondary N) is 1. The summed E-state index contributed by atoms with van der Waals surface area (Å²) in [7, 11) is 0. The van der Waals surface area contributed by atoms with Crippen LogP contribution in [0, 0.1) is 0 Å². The highest BCUT2D eigenvalue weighted by Gasteiger charge is 2.02. The van der Waals surface area contributed by atoms with Crippen LogP contribution in [0.25, 0.3) is 0 Å². The highest BCUT2D eigenvalue weighted by Crippen LogP contribution is 2.10. The van der Waals surface area contributed by atoms with Gasteiger partial charge in [0.25, 0.3) is 5.22 Å². The summed E-state index contributed by atoms with van der Waals surface area (Å²) in [6.45, 7) is 3.60. The lowest BCUT2D eigenvalue weighted by molar-refractivity contribution is 0.402. The molecule has 1 aromatic rings. The van der Waals surface area contributed by atoms with Crippen LogP contribution in [0.5, 0.6) is 0 Å². The SMILES string of the molecule is CCNCc1nnc(SC)o1. The van der Waals surface area contributed by atoms with Gasteiger partial charge in [0, 0.05) is 0 Å². The molecule has 0 atom stereocenters. The molecular formula is C6H11N3OS. The zero-order chi connectivity index (χ0) is 8.10. The molecule has 0 aliphatic rings. The normalized spacial score (nSPS) is 10.4. The molecule has 4 nitrogen and oxygen atoms in total. The molecule has 0 fully saturated rings. The Balaban J connectivity index is 2.44. The lowest BCUT2D eigenvalue weighted by Crippen LogP contribution is -2.11. The molecule has 5 heteroatoms. The monoisotopic (exact) mass is 173 g/mol. The van der Waals surface area contributed by atoms with Crippen molar-refractivity contribution in [1.82, 2.24) is 15.5 Å². The summed E-state index contributed by atoms with van der Waals surface area (Å²) < 4.78 is 5.21. The molecule has 0 aromatic carbocycles. The molecule has 1 heterocycles. The maximum absolute atomic E-state index is 5.21. The Bertz CT molecular complexity index is 213. The standard InChI is InChI=1S/C6H11N3OS/c1-3-7-4-5-8-9-6(10-5)11-2/h7H,3-4H2,1-2H3. The van der Waals surface area contributed by atoms with Gasteiger partial charge in [0.05, 0.1) is 6.54 Å².